The number of rotatable bonds is 5. The molecule has 0 spiro atoms. The second-order valence-electron chi connectivity index (χ2n) is 5.32. The van der Waals surface area contributed by atoms with Gasteiger partial charge in [0.2, 0.25) is 0 Å². The molecule has 2 rings (SSSR count). The Hall–Kier alpha value is -0.610. The van der Waals surface area contributed by atoms with E-state index >= 15 is 0 Å². The van der Waals surface area contributed by atoms with Crippen LogP contribution in [0, 0.1) is 0 Å². The number of hydrogen-bond donors (Lipinski definition) is 1. The first kappa shape index (κ1) is 14.8. The summed E-state index contributed by atoms with van der Waals surface area (Å²) in [4.78, 5) is 2.34. The molecule has 1 aromatic carbocycles. The smallest absolute Gasteiger partial charge is 0.0620 e. The van der Waals surface area contributed by atoms with E-state index in [1.54, 1.807) is 0 Å². The molecule has 0 radical (unpaired) electrons. The monoisotopic (exact) mass is 282 g/mol. The highest BCUT2D eigenvalue weighted by Gasteiger charge is 2.19. The Morgan fingerprint density at radius 3 is 2.95 bits per heavy atom. The van der Waals surface area contributed by atoms with Crippen LogP contribution in [0.1, 0.15) is 18.9 Å². The lowest BCUT2D eigenvalue weighted by atomic mass is 10.1. The molecule has 1 fully saturated rings. The Morgan fingerprint density at radius 2 is 2.26 bits per heavy atom. The third-order valence-electron chi connectivity index (χ3n) is 3.75. The van der Waals surface area contributed by atoms with Crippen molar-refractivity contribution in [3.8, 4) is 0 Å². The van der Waals surface area contributed by atoms with Crippen molar-refractivity contribution in [3.63, 3.8) is 0 Å². The van der Waals surface area contributed by atoms with Crippen molar-refractivity contribution in [2.24, 2.45) is 0 Å². The molecular weight excluding hydrogens is 260 g/mol. The molecule has 1 aliphatic rings. The maximum atomic E-state index is 6.21. The average Bonchev–Trinajstić information content (AvgIpc) is 2.42. The Kier molecular flexibility index (Phi) is 5.64. The number of nitrogens with zero attached hydrogens (tertiary/aromatic N) is 1. The lowest BCUT2D eigenvalue weighted by molar-refractivity contribution is 0.0638. The van der Waals surface area contributed by atoms with Crippen molar-refractivity contribution in [1.82, 2.24) is 10.2 Å². The summed E-state index contributed by atoms with van der Waals surface area (Å²) in [7, 11) is 2.15. The quantitative estimate of drug-likeness (QED) is 0.898. The van der Waals surface area contributed by atoms with Gasteiger partial charge in [-0.25, -0.2) is 0 Å². The normalized spacial score (nSPS) is 21.6. The summed E-state index contributed by atoms with van der Waals surface area (Å²) in [5, 5.41) is 4.35. The van der Waals surface area contributed by atoms with Gasteiger partial charge in [-0.15, -0.1) is 0 Å². The highest BCUT2D eigenvalue weighted by Crippen LogP contribution is 2.18. The zero-order chi connectivity index (χ0) is 13.7. The van der Waals surface area contributed by atoms with Crippen LogP contribution in [0.4, 0.5) is 0 Å². The summed E-state index contributed by atoms with van der Waals surface area (Å²) in [6.07, 6.45) is 1.10. The number of hydrogen-bond acceptors (Lipinski definition) is 3. The van der Waals surface area contributed by atoms with Gasteiger partial charge in [0.15, 0.2) is 0 Å². The molecule has 0 amide bonds. The molecule has 1 aliphatic heterocycles. The van der Waals surface area contributed by atoms with Crippen LogP contribution in [-0.2, 0) is 11.3 Å². The second kappa shape index (κ2) is 7.25. The van der Waals surface area contributed by atoms with Gasteiger partial charge in [-0.3, -0.25) is 4.90 Å². The van der Waals surface area contributed by atoms with Crippen LogP contribution in [0.25, 0.3) is 0 Å². The van der Waals surface area contributed by atoms with Gasteiger partial charge < -0.3 is 10.1 Å². The number of morpholine rings is 1. The van der Waals surface area contributed by atoms with Crippen LogP contribution in [0.2, 0.25) is 5.02 Å². The molecule has 2 atom stereocenters. The van der Waals surface area contributed by atoms with Gasteiger partial charge in [-0.05, 0) is 32.0 Å². The average molecular weight is 283 g/mol. The van der Waals surface area contributed by atoms with Crippen molar-refractivity contribution in [2.45, 2.75) is 32.0 Å². The third kappa shape index (κ3) is 4.46. The Morgan fingerprint density at radius 1 is 1.47 bits per heavy atom. The first-order chi connectivity index (χ1) is 9.16. The predicted octanol–water partition coefficient (Wildman–Crippen LogP) is 2.54. The van der Waals surface area contributed by atoms with E-state index < -0.39 is 0 Å². The fraction of sp³-hybridized carbons (Fsp3) is 0.600. The van der Waals surface area contributed by atoms with Gasteiger partial charge in [-0.1, -0.05) is 29.8 Å². The molecule has 1 heterocycles. The fourth-order valence-corrected chi connectivity index (χ4v) is 2.61. The molecule has 19 heavy (non-hydrogen) atoms. The maximum absolute atomic E-state index is 6.21. The fourth-order valence-electron chi connectivity index (χ4n) is 2.41. The van der Waals surface area contributed by atoms with Crippen molar-refractivity contribution >= 4 is 11.6 Å². The van der Waals surface area contributed by atoms with Gasteiger partial charge in [0.1, 0.15) is 0 Å². The molecule has 1 saturated heterocycles. The Balaban J connectivity index is 1.85. The standard InChI is InChI=1S/C15H23ClN2O/c1-12(9-14-11-19-8-7-17-14)18(2)10-13-5-3-4-6-15(13)16/h3-6,12,14,17H,7-11H2,1-2H3. The largest absolute Gasteiger partial charge is 0.379 e. The van der Waals surface area contributed by atoms with Gasteiger partial charge >= 0.3 is 0 Å². The molecular formula is C15H23ClN2O. The molecule has 0 aromatic heterocycles. The lowest BCUT2D eigenvalue weighted by Crippen LogP contribution is -2.45. The van der Waals surface area contributed by atoms with Crippen LogP contribution < -0.4 is 5.32 Å². The second-order valence-corrected chi connectivity index (χ2v) is 5.72. The molecule has 0 saturated carbocycles. The number of ether oxygens (including phenoxy) is 1. The van der Waals surface area contributed by atoms with Gasteiger partial charge in [0, 0.05) is 30.2 Å². The first-order valence-electron chi connectivity index (χ1n) is 6.91. The van der Waals surface area contributed by atoms with Crippen molar-refractivity contribution in [1.29, 1.82) is 0 Å². The minimum atomic E-state index is 0.470. The topological polar surface area (TPSA) is 24.5 Å². The van der Waals surface area contributed by atoms with Crippen molar-refractivity contribution < 1.29 is 4.74 Å². The number of benzene rings is 1. The summed E-state index contributed by atoms with van der Waals surface area (Å²) in [6, 6.07) is 9.02. The van der Waals surface area contributed by atoms with Gasteiger partial charge in [0.25, 0.3) is 0 Å². The van der Waals surface area contributed by atoms with E-state index in [-0.39, 0.29) is 0 Å². The third-order valence-corrected chi connectivity index (χ3v) is 4.12. The van der Waals surface area contributed by atoms with Crippen LogP contribution in [-0.4, -0.2) is 43.8 Å². The SMILES string of the molecule is CC(CC1COCCN1)N(C)Cc1ccccc1Cl. The molecule has 1 aromatic rings. The Labute approximate surface area is 120 Å². The highest BCUT2D eigenvalue weighted by molar-refractivity contribution is 6.31. The number of nitrogens with one attached hydrogen (secondary N) is 1. The van der Waals surface area contributed by atoms with E-state index in [9.17, 15) is 0 Å². The molecule has 0 bridgehead atoms. The zero-order valence-electron chi connectivity index (χ0n) is 11.7. The first-order valence-corrected chi connectivity index (χ1v) is 7.29. The van der Waals surface area contributed by atoms with Gasteiger partial charge in [0.05, 0.1) is 13.2 Å². The molecule has 2 unspecified atom stereocenters. The summed E-state index contributed by atoms with van der Waals surface area (Å²) < 4.78 is 5.50. The number of halogens is 1. The minimum Gasteiger partial charge on any atom is -0.379 e. The highest BCUT2D eigenvalue weighted by atomic mass is 35.5. The van der Waals surface area contributed by atoms with E-state index in [4.69, 9.17) is 16.3 Å². The van der Waals surface area contributed by atoms with Crippen LogP contribution in [0.5, 0.6) is 0 Å². The van der Waals surface area contributed by atoms with E-state index in [0.29, 0.717) is 12.1 Å². The Bertz CT molecular complexity index is 393. The van der Waals surface area contributed by atoms with Crippen molar-refractivity contribution in [2.75, 3.05) is 26.8 Å². The van der Waals surface area contributed by atoms with Gasteiger partial charge in [-0.2, -0.15) is 0 Å². The maximum Gasteiger partial charge on any atom is 0.0620 e. The van der Waals surface area contributed by atoms with Crippen molar-refractivity contribution in [3.05, 3.63) is 34.9 Å². The predicted molar refractivity (Wildman–Crippen MR) is 79.6 cm³/mol. The summed E-state index contributed by atoms with van der Waals surface area (Å²) in [6.45, 7) is 5.76. The van der Waals surface area contributed by atoms with E-state index in [2.05, 4.69) is 30.3 Å². The molecule has 1 N–H and O–H groups in total. The van der Waals surface area contributed by atoms with Crippen LogP contribution in [0.3, 0.4) is 0 Å². The van der Waals surface area contributed by atoms with E-state index in [0.717, 1.165) is 37.7 Å². The summed E-state index contributed by atoms with van der Waals surface area (Å²) >= 11 is 6.21. The molecule has 4 heteroatoms. The summed E-state index contributed by atoms with van der Waals surface area (Å²) in [5.74, 6) is 0. The van der Waals surface area contributed by atoms with Crippen LogP contribution in [0.15, 0.2) is 24.3 Å². The van der Waals surface area contributed by atoms with Crippen LogP contribution >= 0.6 is 11.6 Å². The van der Waals surface area contributed by atoms with E-state index in [1.807, 2.05) is 18.2 Å². The minimum absolute atomic E-state index is 0.470. The lowest BCUT2D eigenvalue weighted by Gasteiger charge is -2.31. The molecule has 0 aliphatic carbocycles. The summed E-state index contributed by atoms with van der Waals surface area (Å²) in [5.41, 5.74) is 1.19. The zero-order valence-corrected chi connectivity index (χ0v) is 12.5. The molecule has 3 nitrogen and oxygen atoms in total. The molecule has 106 valence electrons. The van der Waals surface area contributed by atoms with E-state index in [1.165, 1.54) is 5.56 Å².